The molecule has 3 rings (SSSR count). The van der Waals surface area contributed by atoms with Gasteiger partial charge in [-0.25, -0.2) is 4.98 Å². The van der Waals surface area contributed by atoms with Crippen LogP contribution in [0.25, 0.3) is 10.2 Å². The average molecular weight is 322 g/mol. The summed E-state index contributed by atoms with van der Waals surface area (Å²) in [4.78, 5) is 4.63. The van der Waals surface area contributed by atoms with E-state index in [0.717, 1.165) is 32.9 Å². The number of halogens is 1. The first-order valence-corrected chi connectivity index (χ1v) is 7.30. The number of aromatic nitrogens is 3. The third-order valence-corrected chi connectivity index (χ3v) is 5.09. The van der Waals surface area contributed by atoms with Crippen LogP contribution in [0.1, 0.15) is 16.4 Å². The number of rotatable bonds is 2. The second kappa shape index (κ2) is 4.48. The quantitative estimate of drug-likeness (QED) is 0.716. The number of nitrogens with zero attached hydrogens (tertiary/aromatic N) is 3. The van der Waals surface area contributed by atoms with Gasteiger partial charge in [-0.15, -0.1) is 11.3 Å². The van der Waals surface area contributed by atoms with Gasteiger partial charge in [-0.3, -0.25) is 4.68 Å². The summed E-state index contributed by atoms with van der Waals surface area (Å²) in [6.07, 6.45) is 0. The molecule has 0 bridgehead atoms. The van der Waals surface area contributed by atoms with E-state index in [-0.39, 0.29) is 0 Å². The van der Waals surface area contributed by atoms with E-state index in [1.54, 1.807) is 11.3 Å². The Morgan fingerprint density at radius 1 is 1.28 bits per heavy atom. The average Bonchev–Trinajstić information content (AvgIpc) is 2.87. The Labute approximate surface area is 118 Å². The van der Waals surface area contributed by atoms with E-state index in [1.165, 1.54) is 4.70 Å². The smallest absolute Gasteiger partial charge is 0.115 e. The van der Waals surface area contributed by atoms with Crippen LogP contribution < -0.4 is 0 Å². The third-order valence-electron chi connectivity index (χ3n) is 2.92. The Balaban J connectivity index is 1.98. The van der Waals surface area contributed by atoms with Gasteiger partial charge in [0, 0.05) is 0 Å². The van der Waals surface area contributed by atoms with Gasteiger partial charge in [-0.05, 0) is 41.9 Å². The zero-order valence-corrected chi connectivity index (χ0v) is 12.5. The van der Waals surface area contributed by atoms with E-state index < -0.39 is 0 Å². The maximum Gasteiger partial charge on any atom is 0.115 e. The van der Waals surface area contributed by atoms with Crippen molar-refractivity contribution in [3.63, 3.8) is 0 Å². The minimum Gasteiger partial charge on any atom is -0.262 e. The maximum atomic E-state index is 4.63. The molecule has 92 valence electrons. The molecule has 0 saturated carbocycles. The Hall–Kier alpha value is -1.20. The maximum absolute atomic E-state index is 4.63. The number of hydrogen-bond acceptors (Lipinski definition) is 3. The van der Waals surface area contributed by atoms with Crippen molar-refractivity contribution in [1.82, 2.24) is 14.8 Å². The summed E-state index contributed by atoms with van der Waals surface area (Å²) in [6.45, 7) is 4.81. The van der Waals surface area contributed by atoms with Gasteiger partial charge in [0.05, 0.1) is 32.6 Å². The molecule has 0 amide bonds. The fourth-order valence-corrected chi connectivity index (χ4v) is 3.18. The Morgan fingerprint density at radius 3 is 2.72 bits per heavy atom. The minimum absolute atomic E-state index is 0.734. The van der Waals surface area contributed by atoms with Gasteiger partial charge in [0.1, 0.15) is 5.01 Å². The van der Waals surface area contributed by atoms with Crippen LogP contribution >= 0.6 is 27.3 Å². The van der Waals surface area contributed by atoms with Crippen LogP contribution in [0.4, 0.5) is 0 Å². The predicted octanol–water partition coefficient (Wildman–Crippen LogP) is 3.92. The highest BCUT2D eigenvalue weighted by molar-refractivity contribution is 9.10. The van der Waals surface area contributed by atoms with Crippen molar-refractivity contribution in [2.75, 3.05) is 0 Å². The van der Waals surface area contributed by atoms with Gasteiger partial charge in [0.2, 0.25) is 0 Å². The number of fused-ring (bicyclic) bond motifs is 1. The summed E-state index contributed by atoms with van der Waals surface area (Å²) in [5, 5.41) is 5.60. The van der Waals surface area contributed by atoms with E-state index >= 15 is 0 Å². The lowest BCUT2D eigenvalue weighted by Crippen LogP contribution is -2.03. The SMILES string of the molecule is Cc1nn(Cc2nc3ccccc3s2)c(C)c1Br. The van der Waals surface area contributed by atoms with Gasteiger partial charge in [-0.1, -0.05) is 12.1 Å². The van der Waals surface area contributed by atoms with Crippen molar-refractivity contribution in [1.29, 1.82) is 0 Å². The first-order valence-electron chi connectivity index (χ1n) is 5.69. The molecule has 1 aromatic carbocycles. The van der Waals surface area contributed by atoms with Gasteiger partial charge in [0.25, 0.3) is 0 Å². The van der Waals surface area contributed by atoms with Crippen LogP contribution in [0.2, 0.25) is 0 Å². The number of aryl methyl sites for hydroxylation is 1. The van der Waals surface area contributed by atoms with Crippen molar-refractivity contribution in [2.45, 2.75) is 20.4 Å². The summed E-state index contributed by atoms with van der Waals surface area (Å²) in [7, 11) is 0. The van der Waals surface area contributed by atoms with Crippen molar-refractivity contribution in [2.24, 2.45) is 0 Å². The highest BCUT2D eigenvalue weighted by Crippen LogP contribution is 2.24. The van der Waals surface area contributed by atoms with Gasteiger partial charge in [-0.2, -0.15) is 5.10 Å². The van der Waals surface area contributed by atoms with E-state index in [2.05, 4.69) is 39.0 Å². The van der Waals surface area contributed by atoms with Crippen LogP contribution in [0.5, 0.6) is 0 Å². The van der Waals surface area contributed by atoms with Gasteiger partial charge < -0.3 is 0 Å². The molecule has 3 nitrogen and oxygen atoms in total. The van der Waals surface area contributed by atoms with Gasteiger partial charge in [0.15, 0.2) is 0 Å². The molecule has 0 aliphatic rings. The monoisotopic (exact) mass is 321 g/mol. The summed E-state index contributed by atoms with van der Waals surface area (Å²) in [5.74, 6) is 0. The Bertz CT molecular complexity index is 681. The molecule has 0 aliphatic carbocycles. The lowest BCUT2D eigenvalue weighted by molar-refractivity contribution is 0.656. The molecular weight excluding hydrogens is 310 g/mol. The molecule has 0 N–H and O–H groups in total. The molecule has 0 spiro atoms. The molecule has 0 atom stereocenters. The van der Waals surface area contributed by atoms with Crippen LogP contribution in [0.15, 0.2) is 28.7 Å². The standard InChI is InChI=1S/C13H12BrN3S/c1-8-13(14)9(2)17(16-8)7-12-15-10-5-3-4-6-11(10)18-12/h3-6H,7H2,1-2H3. The minimum atomic E-state index is 0.734. The lowest BCUT2D eigenvalue weighted by atomic mass is 10.3. The number of benzene rings is 1. The second-order valence-corrected chi connectivity index (χ2v) is 6.13. The third kappa shape index (κ3) is 1.97. The van der Waals surface area contributed by atoms with E-state index in [1.807, 2.05) is 29.8 Å². The molecule has 2 heterocycles. The summed E-state index contributed by atoms with van der Waals surface area (Å²) >= 11 is 5.28. The zero-order chi connectivity index (χ0) is 12.7. The number of para-hydroxylation sites is 1. The molecule has 0 saturated heterocycles. The van der Waals surface area contributed by atoms with E-state index in [9.17, 15) is 0 Å². The van der Waals surface area contributed by atoms with Crippen molar-refractivity contribution < 1.29 is 0 Å². The number of thiazole rings is 1. The molecule has 0 aliphatic heterocycles. The van der Waals surface area contributed by atoms with Crippen LogP contribution in [0, 0.1) is 13.8 Å². The topological polar surface area (TPSA) is 30.7 Å². The summed E-state index contributed by atoms with van der Waals surface area (Å²) in [5.41, 5.74) is 3.23. The molecule has 0 unspecified atom stereocenters. The normalized spacial score (nSPS) is 11.3. The van der Waals surface area contributed by atoms with E-state index in [0.29, 0.717) is 0 Å². The highest BCUT2D eigenvalue weighted by atomic mass is 79.9. The fraction of sp³-hybridized carbons (Fsp3) is 0.231. The molecule has 0 fully saturated rings. The molecule has 18 heavy (non-hydrogen) atoms. The predicted molar refractivity (Wildman–Crippen MR) is 78.1 cm³/mol. The fourth-order valence-electron chi connectivity index (χ4n) is 1.94. The van der Waals surface area contributed by atoms with Crippen LogP contribution in [-0.2, 0) is 6.54 Å². The first-order chi connectivity index (χ1) is 8.65. The second-order valence-electron chi connectivity index (χ2n) is 4.22. The largest absolute Gasteiger partial charge is 0.262 e. The highest BCUT2D eigenvalue weighted by Gasteiger charge is 2.11. The summed E-state index contributed by atoms with van der Waals surface area (Å²) in [6, 6.07) is 8.22. The van der Waals surface area contributed by atoms with Crippen molar-refractivity contribution in [3.8, 4) is 0 Å². The van der Waals surface area contributed by atoms with Crippen LogP contribution in [0.3, 0.4) is 0 Å². The molecular formula is C13H12BrN3S. The lowest BCUT2D eigenvalue weighted by Gasteiger charge is -2.00. The number of hydrogen-bond donors (Lipinski definition) is 0. The molecule has 3 aromatic rings. The molecule has 2 aromatic heterocycles. The van der Waals surface area contributed by atoms with E-state index in [4.69, 9.17) is 0 Å². The Kier molecular flexibility index (Phi) is 2.95. The van der Waals surface area contributed by atoms with Crippen molar-refractivity contribution >= 4 is 37.5 Å². The molecule has 0 radical (unpaired) electrons. The molecule has 5 heteroatoms. The summed E-state index contributed by atoms with van der Waals surface area (Å²) < 4.78 is 4.31. The Morgan fingerprint density at radius 2 is 2.06 bits per heavy atom. The first kappa shape index (κ1) is 11.9. The van der Waals surface area contributed by atoms with Crippen molar-refractivity contribution in [3.05, 3.63) is 45.1 Å². The van der Waals surface area contributed by atoms with Crippen LogP contribution in [-0.4, -0.2) is 14.8 Å². The van der Waals surface area contributed by atoms with Gasteiger partial charge >= 0.3 is 0 Å². The zero-order valence-electron chi connectivity index (χ0n) is 10.1.